The molecule has 0 saturated carbocycles. The fraction of sp³-hybridized carbons (Fsp3) is 0.650. The zero-order valence-corrected chi connectivity index (χ0v) is 16.6. The summed E-state index contributed by atoms with van der Waals surface area (Å²) in [6.45, 7) is 11.4. The van der Waals surface area contributed by atoms with Crippen LogP contribution in [0.5, 0.6) is 5.75 Å². The summed E-state index contributed by atoms with van der Waals surface area (Å²) in [6, 6.07) is 7.55. The number of hydrogen-bond donors (Lipinski definition) is 3. The third-order valence-corrected chi connectivity index (χ3v) is 3.59. The molecule has 0 spiro atoms. The number of hydrogen-bond acceptors (Lipinski definition) is 4. The minimum atomic E-state index is -0.667. The van der Waals surface area contributed by atoms with Crippen molar-refractivity contribution in [1.82, 2.24) is 10.6 Å². The van der Waals surface area contributed by atoms with E-state index in [1.54, 1.807) is 0 Å². The summed E-state index contributed by atoms with van der Waals surface area (Å²) in [5, 5.41) is 16.9. The van der Waals surface area contributed by atoms with Gasteiger partial charge in [-0.25, -0.2) is 0 Å². The average molecular weight is 366 g/mol. The van der Waals surface area contributed by atoms with Crippen molar-refractivity contribution in [2.24, 2.45) is 4.99 Å². The monoisotopic (exact) mass is 365 g/mol. The highest BCUT2D eigenvalue weighted by molar-refractivity contribution is 5.79. The maximum Gasteiger partial charge on any atom is 0.191 e. The average Bonchev–Trinajstić information content (AvgIpc) is 2.61. The Balaban J connectivity index is 2.51. The zero-order chi connectivity index (χ0) is 19.2. The fourth-order valence-corrected chi connectivity index (χ4v) is 2.37. The van der Waals surface area contributed by atoms with E-state index in [9.17, 15) is 5.11 Å². The number of guanidine groups is 1. The van der Waals surface area contributed by atoms with Gasteiger partial charge in [0, 0.05) is 26.3 Å². The minimum Gasteiger partial charge on any atom is -0.491 e. The lowest BCUT2D eigenvalue weighted by atomic mass is 10.1. The highest BCUT2D eigenvalue weighted by Gasteiger charge is 2.09. The van der Waals surface area contributed by atoms with Crippen LogP contribution in [0.1, 0.15) is 52.2 Å². The van der Waals surface area contributed by atoms with Crippen molar-refractivity contribution in [3.05, 3.63) is 29.8 Å². The molecule has 26 heavy (non-hydrogen) atoms. The number of aliphatic imine (C=N–C) groups is 1. The van der Waals surface area contributed by atoms with Gasteiger partial charge in [-0.15, -0.1) is 0 Å². The molecular weight excluding hydrogens is 330 g/mol. The number of aliphatic hydroxyl groups is 1. The first-order valence-corrected chi connectivity index (χ1v) is 9.61. The summed E-state index contributed by atoms with van der Waals surface area (Å²) < 4.78 is 11.0. The molecule has 1 rings (SSSR count). The van der Waals surface area contributed by atoms with Gasteiger partial charge in [0.2, 0.25) is 0 Å². The summed E-state index contributed by atoms with van der Waals surface area (Å²) in [5.74, 6) is 1.48. The second-order valence-electron chi connectivity index (χ2n) is 6.31. The Morgan fingerprint density at radius 1 is 1.19 bits per heavy atom. The molecule has 0 aliphatic rings. The molecule has 0 bridgehead atoms. The zero-order valence-electron chi connectivity index (χ0n) is 16.6. The lowest BCUT2D eigenvalue weighted by molar-refractivity contribution is 0.143. The van der Waals surface area contributed by atoms with Gasteiger partial charge in [0.05, 0.1) is 18.8 Å². The van der Waals surface area contributed by atoms with Gasteiger partial charge in [-0.2, -0.15) is 0 Å². The normalized spacial score (nSPS) is 12.9. The summed E-state index contributed by atoms with van der Waals surface area (Å²) in [5.41, 5.74) is 0.805. The van der Waals surface area contributed by atoms with Crippen LogP contribution in [0.15, 0.2) is 29.3 Å². The van der Waals surface area contributed by atoms with Crippen molar-refractivity contribution in [3.8, 4) is 5.75 Å². The third kappa shape index (κ3) is 9.63. The number of aliphatic hydroxyl groups excluding tert-OH is 1. The Morgan fingerprint density at radius 3 is 2.69 bits per heavy atom. The van der Waals surface area contributed by atoms with Crippen molar-refractivity contribution in [2.45, 2.75) is 52.7 Å². The van der Waals surface area contributed by atoms with Gasteiger partial charge in [0.1, 0.15) is 5.75 Å². The van der Waals surface area contributed by atoms with Crippen LogP contribution in [0.25, 0.3) is 0 Å². The number of ether oxygens (including phenoxy) is 2. The molecule has 0 radical (unpaired) electrons. The summed E-state index contributed by atoms with van der Waals surface area (Å²) in [7, 11) is 0. The lowest BCUT2D eigenvalue weighted by Gasteiger charge is -2.15. The van der Waals surface area contributed by atoms with Crippen molar-refractivity contribution in [2.75, 3.05) is 32.8 Å². The molecule has 0 saturated heterocycles. The van der Waals surface area contributed by atoms with Gasteiger partial charge >= 0.3 is 0 Å². The first-order valence-electron chi connectivity index (χ1n) is 9.61. The highest BCUT2D eigenvalue weighted by Crippen LogP contribution is 2.20. The van der Waals surface area contributed by atoms with E-state index in [0.717, 1.165) is 56.4 Å². The van der Waals surface area contributed by atoms with Crippen molar-refractivity contribution >= 4 is 5.96 Å². The maximum absolute atomic E-state index is 10.4. The molecule has 0 aromatic heterocycles. The molecule has 1 unspecified atom stereocenters. The molecule has 148 valence electrons. The summed E-state index contributed by atoms with van der Waals surface area (Å²) >= 11 is 0. The SMILES string of the molecule is CCNC(=NCC(O)c1cccc(OC(C)C)c1)NCCCCOCC. The maximum atomic E-state index is 10.4. The van der Waals surface area contributed by atoms with Gasteiger partial charge in [-0.1, -0.05) is 12.1 Å². The predicted octanol–water partition coefficient (Wildman–Crippen LogP) is 2.88. The molecular formula is C20H35N3O3. The largest absolute Gasteiger partial charge is 0.491 e. The second-order valence-corrected chi connectivity index (χ2v) is 6.31. The third-order valence-electron chi connectivity index (χ3n) is 3.59. The molecule has 0 amide bonds. The smallest absolute Gasteiger partial charge is 0.191 e. The molecule has 0 aliphatic heterocycles. The van der Waals surface area contributed by atoms with Crippen molar-refractivity contribution in [1.29, 1.82) is 0 Å². The number of nitrogens with zero attached hydrogens (tertiary/aromatic N) is 1. The van der Waals surface area contributed by atoms with E-state index in [1.807, 2.05) is 52.0 Å². The van der Waals surface area contributed by atoms with Crippen LogP contribution in [-0.2, 0) is 4.74 Å². The molecule has 0 aliphatic carbocycles. The van der Waals surface area contributed by atoms with Crippen LogP contribution in [0.4, 0.5) is 0 Å². The summed E-state index contributed by atoms with van der Waals surface area (Å²) in [6.07, 6.45) is 1.47. The van der Waals surface area contributed by atoms with Gasteiger partial charge in [0.25, 0.3) is 0 Å². The number of unbranched alkanes of at least 4 members (excludes halogenated alkanes) is 1. The van der Waals surface area contributed by atoms with E-state index < -0.39 is 6.10 Å². The van der Waals surface area contributed by atoms with E-state index >= 15 is 0 Å². The van der Waals surface area contributed by atoms with E-state index in [4.69, 9.17) is 9.47 Å². The molecule has 6 nitrogen and oxygen atoms in total. The molecule has 0 fully saturated rings. The van der Waals surface area contributed by atoms with Crippen LogP contribution in [0, 0.1) is 0 Å². The Kier molecular flexibility index (Phi) is 11.5. The van der Waals surface area contributed by atoms with Gasteiger partial charge in [-0.05, 0) is 58.2 Å². The lowest BCUT2D eigenvalue weighted by Crippen LogP contribution is -2.38. The fourth-order valence-electron chi connectivity index (χ4n) is 2.37. The van der Waals surface area contributed by atoms with E-state index in [0.29, 0.717) is 6.54 Å². The standard InChI is InChI=1S/C20H35N3O3/c1-5-21-20(22-12-7-8-13-25-6-2)23-15-19(24)17-10-9-11-18(14-17)26-16(3)4/h9-11,14,16,19,24H,5-8,12-13,15H2,1-4H3,(H2,21,22,23). The number of nitrogens with one attached hydrogen (secondary N) is 2. The molecule has 1 aromatic carbocycles. The van der Waals surface area contributed by atoms with Crippen LogP contribution >= 0.6 is 0 Å². The molecule has 0 heterocycles. The van der Waals surface area contributed by atoms with Gasteiger partial charge < -0.3 is 25.2 Å². The van der Waals surface area contributed by atoms with Gasteiger partial charge in [0.15, 0.2) is 5.96 Å². The van der Waals surface area contributed by atoms with Crippen LogP contribution in [0.2, 0.25) is 0 Å². The van der Waals surface area contributed by atoms with E-state index in [2.05, 4.69) is 15.6 Å². The van der Waals surface area contributed by atoms with E-state index in [1.165, 1.54) is 0 Å². The Hall–Kier alpha value is -1.79. The van der Waals surface area contributed by atoms with Crippen molar-refractivity contribution in [3.63, 3.8) is 0 Å². The van der Waals surface area contributed by atoms with Gasteiger partial charge in [-0.3, -0.25) is 4.99 Å². The first-order chi connectivity index (χ1) is 12.6. The highest BCUT2D eigenvalue weighted by atomic mass is 16.5. The molecule has 1 atom stereocenters. The Bertz CT molecular complexity index is 521. The topological polar surface area (TPSA) is 75.1 Å². The molecule has 1 aromatic rings. The Morgan fingerprint density at radius 2 is 2.00 bits per heavy atom. The number of rotatable bonds is 12. The summed E-state index contributed by atoms with van der Waals surface area (Å²) in [4.78, 5) is 4.49. The first kappa shape index (κ1) is 22.3. The second kappa shape index (κ2) is 13.4. The predicted molar refractivity (Wildman–Crippen MR) is 107 cm³/mol. The van der Waals surface area contributed by atoms with E-state index in [-0.39, 0.29) is 6.10 Å². The Labute approximate surface area is 158 Å². The van der Waals surface area contributed by atoms with Crippen LogP contribution < -0.4 is 15.4 Å². The molecule has 6 heteroatoms. The van der Waals surface area contributed by atoms with Crippen molar-refractivity contribution < 1.29 is 14.6 Å². The quantitative estimate of drug-likeness (QED) is 0.302. The van der Waals surface area contributed by atoms with Crippen LogP contribution in [0.3, 0.4) is 0 Å². The molecule has 3 N–H and O–H groups in total. The minimum absolute atomic E-state index is 0.104. The van der Waals surface area contributed by atoms with Crippen LogP contribution in [-0.4, -0.2) is 50.0 Å². The number of benzene rings is 1.